The van der Waals surface area contributed by atoms with Crippen LogP contribution in [0, 0.1) is 5.82 Å². The van der Waals surface area contributed by atoms with E-state index in [0.717, 1.165) is 39.1 Å². The molecule has 0 unspecified atom stereocenters. The number of ether oxygens (including phenoxy) is 1. The van der Waals surface area contributed by atoms with E-state index < -0.39 is 0 Å². The molecule has 1 aliphatic rings. The first-order valence-electron chi connectivity index (χ1n) is 6.66. The number of nitrogens with one attached hydrogen (secondary N) is 1. The van der Waals surface area contributed by atoms with Crippen LogP contribution in [0.4, 0.5) is 4.39 Å². The summed E-state index contributed by atoms with van der Waals surface area (Å²) in [5.41, 5.74) is 0. The van der Waals surface area contributed by atoms with E-state index in [1.54, 1.807) is 18.2 Å². The van der Waals surface area contributed by atoms with Gasteiger partial charge in [0.1, 0.15) is 0 Å². The van der Waals surface area contributed by atoms with Gasteiger partial charge in [-0.25, -0.2) is 4.39 Å². The Kier molecular flexibility index (Phi) is 5.42. The molecule has 1 saturated heterocycles. The van der Waals surface area contributed by atoms with Gasteiger partial charge in [0.2, 0.25) is 0 Å². The van der Waals surface area contributed by atoms with Gasteiger partial charge < -0.3 is 15.0 Å². The van der Waals surface area contributed by atoms with Gasteiger partial charge in [0.05, 0.1) is 6.61 Å². The molecule has 1 aromatic rings. The zero-order valence-corrected chi connectivity index (χ0v) is 10.7. The summed E-state index contributed by atoms with van der Waals surface area (Å²) in [6, 6.07) is 6.56. The molecule has 0 spiro atoms. The van der Waals surface area contributed by atoms with E-state index in [-0.39, 0.29) is 5.82 Å². The van der Waals surface area contributed by atoms with E-state index >= 15 is 0 Å². The summed E-state index contributed by atoms with van der Waals surface area (Å²) in [5.74, 6) is 0.0755. The fourth-order valence-corrected chi connectivity index (χ4v) is 2.16. The molecule has 0 saturated carbocycles. The standard InChI is InChI=1S/C14H21FN2O/c15-13-5-1-2-6-14(13)18-12-4-10-17-9-3-7-16-8-11-17/h1-2,5-6,16H,3-4,7-12H2. The summed E-state index contributed by atoms with van der Waals surface area (Å²) in [5, 5.41) is 3.38. The Bertz CT molecular complexity index is 351. The zero-order chi connectivity index (χ0) is 12.6. The third-order valence-electron chi connectivity index (χ3n) is 3.15. The maximum absolute atomic E-state index is 13.3. The molecule has 0 aromatic heterocycles. The van der Waals surface area contributed by atoms with Crippen molar-refractivity contribution in [2.75, 3.05) is 39.3 Å². The first-order valence-corrected chi connectivity index (χ1v) is 6.66. The Morgan fingerprint density at radius 2 is 2.11 bits per heavy atom. The van der Waals surface area contributed by atoms with Crippen molar-refractivity contribution < 1.29 is 9.13 Å². The van der Waals surface area contributed by atoms with Gasteiger partial charge in [-0.2, -0.15) is 0 Å². The van der Waals surface area contributed by atoms with Gasteiger partial charge in [-0.05, 0) is 38.1 Å². The highest BCUT2D eigenvalue weighted by Crippen LogP contribution is 2.15. The number of rotatable bonds is 5. The molecule has 18 heavy (non-hydrogen) atoms. The van der Waals surface area contributed by atoms with Crippen LogP contribution in [-0.2, 0) is 0 Å². The van der Waals surface area contributed by atoms with Crippen molar-refractivity contribution >= 4 is 0 Å². The molecule has 4 heteroatoms. The van der Waals surface area contributed by atoms with Crippen LogP contribution < -0.4 is 10.1 Å². The Labute approximate surface area is 108 Å². The third kappa shape index (κ3) is 4.27. The lowest BCUT2D eigenvalue weighted by molar-refractivity contribution is 0.239. The number of hydrogen-bond acceptors (Lipinski definition) is 3. The topological polar surface area (TPSA) is 24.5 Å². The number of benzene rings is 1. The average Bonchev–Trinajstić information content (AvgIpc) is 2.65. The highest BCUT2D eigenvalue weighted by Gasteiger charge is 2.08. The number of hydrogen-bond donors (Lipinski definition) is 1. The molecule has 1 aromatic carbocycles. The Balaban J connectivity index is 1.65. The minimum absolute atomic E-state index is 0.281. The summed E-state index contributed by atoms with van der Waals surface area (Å²) in [4.78, 5) is 2.44. The van der Waals surface area contributed by atoms with Gasteiger partial charge in [0.15, 0.2) is 11.6 Å². The summed E-state index contributed by atoms with van der Waals surface area (Å²) in [6.45, 7) is 6.02. The van der Waals surface area contributed by atoms with Crippen molar-refractivity contribution in [2.24, 2.45) is 0 Å². The van der Waals surface area contributed by atoms with E-state index in [4.69, 9.17) is 4.74 Å². The molecule has 3 nitrogen and oxygen atoms in total. The van der Waals surface area contributed by atoms with Crippen molar-refractivity contribution in [3.63, 3.8) is 0 Å². The lowest BCUT2D eigenvalue weighted by Gasteiger charge is -2.19. The van der Waals surface area contributed by atoms with E-state index in [1.165, 1.54) is 12.5 Å². The molecular formula is C14H21FN2O. The number of para-hydroxylation sites is 1. The first-order chi connectivity index (χ1) is 8.86. The van der Waals surface area contributed by atoms with Crippen molar-refractivity contribution in [3.05, 3.63) is 30.1 Å². The lowest BCUT2D eigenvalue weighted by Crippen LogP contribution is -2.29. The second-order valence-electron chi connectivity index (χ2n) is 4.58. The molecule has 1 fully saturated rings. The Morgan fingerprint density at radius 1 is 1.22 bits per heavy atom. The van der Waals surface area contributed by atoms with Crippen molar-refractivity contribution in [2.45, 2.75) is 12.8 Å². The third-order valence-corrected chi connectivity index (χ3v) is 3.15. The highest BCUT2D eigenvalue weighted by atomic mass is 19.1. The van der Waals surface area contributed by atoms with Crippen molar-refractivity contribution in [1.82, 2.24) is 10.2 Å². The summed E-state index contributed by atoms with van der Waals surface area (Å²) >= 11 is 0. The largest absolute Gasteiger partial charge is 0.490 e. The first kappa shape index (κ1) is 13.3. The van der Waals surface area contributed by atoms with Crippen LogP contribution in [0.3, 0.4) is 0 Å². The molecule has 1 heterocycles. The maximum atomic E-state index is 13.3. The predicted molar refractivity (Wildman–Crippen MR) is 70.4 cm³/mol. The SMILES string of the molecule is Fc1ccccc1OCCCN1CCCNCC1. The molecule has 0 amide bonds. The van der Waals surface area contributed by atoms with Crippen LogP contribution in [0.15, 0.2) is 24.3 Å². The van der Waals surface area contributed by atoms with Gasteiger partial charge in [-0.3, -0.25) is 0 Å². The predicted octanol–water partition coefficient (Wildman–Crippen LogP) is 1.89. The zero-order valence-electron chi connectivity index (χ0n) is 10.7. The van der Waals surface area contributed by atoms with E-state index in [9.17, 15) is 4.39 Å². The van der Waals surface area contributed by atoms with Gasteiger partial charge in [-0.1, -0.05) is 12.1 Å². The smallest absolute Gasteiger partial charge is 0.165 e. The molecule has 0 radical (unpaired) electrons. The van der Waals surface area contributed by atoms with E-state index in [1.807, 2.05) is 0 Å². The average molecular weight is 252 g/mol. The second kappa shape index (κ2) is 7.34. The highest BCUT2D eigenvalue weighted by molar-refractivity contribution is 5.23. The lowest BCUT2D eigenvalue weighted by atomic mass is 10.3. The molecule has 1 aliphatic heterocycles. The molecule has 2 rings (SSSR count). The molecule has 100 valence electrons. The Hall–Kier alpha value is -1.13. The van der Waals surface area contributed by atoms with E-state index in [2.05, 4.69) is 10.2 Å². The van der Waals surface area contributed by atoms with Crippen LogP contribution >= 0.6 is 0 Å². The summed E-state index contributed by atoms with van der Waals surface area (Å²) < 4.78 is 18.7. The van der Waals surface area contributed by atoms with Gasteiger partial charge >= 0.3 is 0 Å². The maximum Gasteiger partial charge on any atom is 0.165 e. The van der Waals surface area contributed by atoms with E-state index in [0.29, 0.717) is 12.4 Å². The van der Waals surface area contributed by atoms with Crippen LogP contribution in [0.2, 0.25) is 0 Å². The van der Waals surface area contributed by atoms with Gasteiger partial charge in [-0.15, -0.1) is 0 Å². The van der Waals surface area contributed by atoms with Gasteiger partial charge in [0.25, 0.3) is 0 Å². The molecule has 1 N–H and O–H groups in total. The summed E-state index contributed by atoms with van der Waals surface area (Å²) in [7, 11) is 0. The number of halogens is 1. The quantitative estimate of drug-likeness (QED) is 0.810. The minimum atomic E-state index is -0.281. The molecule has 0 bridgehead atoms. The van der Waals surface area contributed by atoms with Gasteiger partial charge in [0, 0.05) is 19.6 Å². The van der Waals surface area contributed by atoms with Crippen molar-refractivity contribution in [3.8, 4) is 5.75 Å². The molecule has 0 aliphatic carbocycles. The fraction of sp³-hybridized carbons (Fsp3) is 0.571. The van der Waals surface area contributed by atoms with Crippen LogP contribution in [0.5, 0.6) is 5.75 Å². The van der Waals surface area contributed by atoms with Crippen LogP contribution in [0.1, 0.15) is 12.8 Å². The Morgan fingerprint density at radius 3 is 3.00 bits per heavy atom. The molecular weight excluding hydrogens is 231 g/mol. The fourth-order valence-electron chi connectivity index (χ4n) is 2.16. The second-order valence-corrected chi connectivity index (χ2v) is 4.58. The number of nitrogens with zero attached hydrogens (tertiary/aromatic N) is 1. The van der Waals surface area contributed by atoms with Crippen LogP contribution in [-0.4, -0.2) is 44.2 Å². The molecule has 0 atom stereocenters. The minimum Gasteiger partial charge on any atom is -0.490 e. The summed E-state index contributed by atoms with van der Waals surface area (Å²) in [6.07, 6.45) is 2.14. The van der Waals surface area contributed by atoms with Crippen molar-refractivity contribution in [1.29, 1.82) is 0 Å². The normalized spacial score (nSPS) is 17.4. The monoisotopic (exact) mass is 252 g/mol. The van der Waals surface area contributed by atoms with Crippen LogP contribution in [0.25, 0.3) is 0 Å².